The highest BCUT2D eigenvalue weighted by Crippen LogP contribution is 2.26. The molecule has 3 heteroatoms. The first kappa shape index (κ1) is 13.9. The minimum atomic E-state index is 0.231. The van der Waals surface area contributed by atoms with Crippen LogP contribution in [0, 0.1) is 0 Å². The smallest absolute Gasteiger partial charge is 0.242 e. The third-order valence-electron chi connectivity index (χ3n) is 4.28. The molecule has 0 spiro atoms. The third kappa shape index (κ3) is 3.54. The highest BCUT2D eigenvalue weighted by Gasteiger charge is 2.22. The number of hydrogen-bond acceptors (Lipinski definition) is 1. The number of carbonyl (C=O) groups excluding carboxylic acids is 1. The average Bonchev–Trinajstić information content (AvgIpc) is 2.89. The molecule has 3 rings (SSSR count). The van der Waals surface area contributed by atoms with Crippen molar-refractivity contribution in [2.24, 2.45) is 0 Å². The van der Waals surface area contributed by atoms with Gasteiger partial charge < -0.3 is 9.47 Å². The summed E-state index contributed by atoms with van der Waals surface area (Å²) in [7, 11) is 0. The van der Waals surface area contributed by atoms with Gasteiger partial charge in [0.2, 0.25) is 5.91 Å². The number of carbonyl (C=O) groups is 1. The van der Waals surface area contributed by atoms with Crippen molar-refractivity contribution in [2.75, 3.05) is 13.1 Å². The summed E-state index contributed by atoms with van der Waals surface area (Å²) in [5.41, 5.74) is 1.36. The van der Waals surface area contributed by atoms with Gasteiger partial charge in [0, 0.05) is 31.4 Å². The molecule has 110 valence electrons. The Labute approximate surface area is 126 Å². The van der Waals surface area contributed by atoms with E-state index in [-0.39, 0.29) is 5.91 Å². The maximum absolute atomic E-state index is 12.5. The third-order valence-corrected chi connectivity index (χ3v) is 4.28. The van der Waals surface area contributed by atoms with Gasteiger partial charge >= 0.3 is 0 Å². The van der Waals surface area contributed by atoms with Crippen LogP contribution in [-0.4, -0.2) is 28.5 Å². The van der Waals surface area contributed by atoms with Crippen LogP contribution in [0.5, 0.6) is 0 Å². The lowest BCUT2D eigenvalue weighted by Gasteiger charge is -2.25. The topological polar surface area (TPSA) is 25.2 Å². The second-order valence-corrected chi connectivity index (χ2v) is 5.80. The van der Waals surface area contributed by atoms with E-state index in [2.05, 4.69) is 30.3 Å². The fourth-order valence-corrected chi connectivity index (χ4v) is 3.10. The molecular formula is C18H22N2O. The SMILES string of the molecule is O=C(Cn1cccc1)N1CCCC[C@@H](c2ccccc2)C1. The van der Waals surface area contributed by atoms with Crippen molar-refractivity contribution in [1.82, 2.24) is 9.47 Å². The van der Waals surface area contributed by atoms with Crippen LogP contribution >= 0.6 is 0 Å². The van der Waals surface area contributed by atoms with E-state index in [0.29, 0.717) is 12.5 Å². The highest BCUT2D eigenvalue weighted by molar-refractivity contribution is 5.76. The molecule has 3 nitrogen and oxygen atoms in total. The summed E-state index contributed by atoms with van der Waals surface area (Å²) < 4.78 is 1.95. The Morgan fingerprint density at radius 1 is 1.05 bits per heavy atom. The van der Waals surface area contributed by atoms with Gasteiger partial charge in [-0.25, -0.2) is 0 Å². The Morgan fingerprint density at radius 3 is 2.57 bits per heavy atom. The predicted octanol–water partition coefficient (Wildman–Crippen LogP) is 3.28. The van der Waals surface area contributed by atoms with Crippen molar-refractivity contribution >= 4 is 5.91 Å². The molecule has 1 fully saturated rings. The molecule has 2 heterocycles. The number of benzene rings is 1. The van der Waals surface area contributed by atoms with E-state index in [9.17, 15) is 4.79 Å². The molecule has 1 saturated heterocycles. The molecule has 0 saturated carbocycles. The van der Waals surface area contributed by atoms with Crippen molar-refractivity contribution in [3.63, 3.8) is 0 Å². The van der Waals surface area contributed by atoms with Gasteiger partial charge in [-0.1, -0.05) is 36.8 Å². The van der Waals surface area contributed by atoms with E-state index in [1.54, 1.807) is 0 Å². The van der Waals surface area contributed by atoms with Crippen molar-refractivity contribution in [1.29, 1.82) is 0 Å². The van der Waals surface area contributed by atoms with Crippen molar-refractivity contribution in [2.45, 2.75) is 31.7 Å². The Bertz CT molecular complexity index is 562. The van der Waals surface area contributed by atoms with Gasteiger partial charge in [0.05, 0.1) is 0 Å². The summed E-state index contributed by atoms with van der Waals surface area (Å²) >= 11 is 0. The zero-order valence-electron chi connectivity index (χ0n) is 12.3. The maximum Gasteiger partial charge on any atom is 0.242 e. The average molecular weight is 282 g/mol. The summed E-state index contributed by atoms with van der Waals surface area (Å²) in [6.45, 7) is 2.20. The van der Waals surface area contributed by atoms with Gasteiger partial charge in [-0.15, -0.1) is 0 Å². The highest BCUT2D eigenvalue weighted by atomic mass is 16.2. The predicted molar refractivity (Wildman–Crippen MR) is 84.0 cm³/mol. The van der Waals surface area contributed by atoms with E-state index in [4.69, 9.17) is 0 Å². The molecule has 1 aliphatic rings. The maximum atomic E-state index is 12.5. The number of nitrogens with zero attached hydrogens (tertiary/aromatic N) is 2. The van der Waals surface area contributed by atoms with Crippen LogP contribution in [0.2, 0.25) is 0 Å². The minimum Gasteiger partial charge on any atom is -0.345 e. The number of hydrogen-bond donors (Lipinski definition) is 0. The van der Waals surface area contributed by atoms with Gasteiger partial charge in [-0.05, 0) is 30.5 Å². The Morgan fingerprint density at radius 2 is 1.81 bits per heavy atom. The molecule has 0 bridgehead atoms. The lowest BCUT2D eigenvalue weighted by molar-refractivity contribution is -0.131. The van der Waals surface area contributed by atoms with E-state index >= 15 is 0 Å². The molecule has 2 aromatic rings. The van der Waals surface area contributed by atoms with Crippen molar-refractivity contribution < 1.29 is 4.79 Å². The molecule has 1 aromatic carbocycles. The lowest BCUT2D eigenvalue weighted by atomic mass is 9.94. The Hall–Kier alpha value is -2.03. The normalized spacial score (nSPS) is 19.2. The first-order chi connectivity index (χ1) is 10.3. The van der Waals surface area contributed by atoms with Crippen LogP contribution in [0.1, 0.15) is 30.7 Å². The molecular weight excluding hydrogens is 260 g/mol. The summed E-state index contributed by atoms with van der Waals surface area (Å²) in [6, 6.07) is 14.5. The number of aromatic nitrogens is 1. The van der Waals surface area contributed by atoms with E-state index in [1.807, 2.05) is 34.0 Å². The molecule has 1 atom stereocenters. The summed E-state index contributed by atoms with van der Waals surface area (Å²) in [4.78, 5) is 14.5. The Kier molecular flexibility index (Phi) is 4.39. The van der Waals surface area contributed by atoms with Crippen LogP contribution in [0.15, 0.2) is 54.9 Å². The van der Waals surface area contributed by atoms with Crippen LogP contribution in [0.3, 0.4) is 0 Å². The second-order valence-electron chi connectivity index (χ2n) is 5.80. The largest absolute Gasteiger partial charge is 0.345 e. The zero-order chi connectivity index (χ0) is 14.5. The van der Waals surface area contributed by atoms with Crippen LogP contribution in [0.4, 0.5) is 0 Å². The van der Waals surface area contributed by atoms with E-state index < -0.39 is 0 Å². The summed E-state index contributed by atoms with van der Waals surface area (Å²) in [6.07, 6.45) is 7.39. The second kappa shape index (κ2) is 6.61. The monoisotopic (exact) mass is 282 g/mol. The van der Waals surface area contributed by atoms with Crippen LogP contribution in [-0.2, 0) is 11.3 Å². The van der Waals surface area contributed by atoms with E-state index in [0.717, 1.165) is 19.5 Å². The molecule has 1 aromatic heterocycles. The van der Waals surface area contributed by atoms with Gasteiger partial charge in [0.25, 0.3) is 0 Å². The number of likely N-dealkylation sites (tertiary alicyclic amines) is 1. The minimum absolute atomic E-state index is 0.231. The zero-order valence-corrected chi connectivity index (χ0v) is 12.3. The van der Waals surface area contributed by atoms with Gasteiger partial charge in [-0.2, -0.15) is 0 Å². The molecule has 0 radical (unpaired) electrons. The van der Waals surface area contributed by atoms with Crippen LogP contribution < -0.4 is 0 Å². The summed E-state index contributed by atoms with van der Waals surface area (Å²) in [5, 5.41) is 0. The molecule has 21 heavy (non-hydrogen) atoms. The Balaban J connectivity index is 1.68. The molecule has 0 unspecified atom stereocenters. The fourth-order valence-electron chi connectivity index (χ4n) is 3.10. The van der Waals surface area contributed by atoms with Crippen molar-refractivity contribution in [3.8, 4) is 0 Å². The standard InChI is InChI=1S/C18H22N2O/c21-18(15-19-11-6-7-12-19)20-13-5-4-10-17(14-20)16-8-2-1-3-9-16/h1-3,6-9,11-12,17H,4-5,10,13-15H2/t17-/m1/s1. The van der Waals surface area contributed by atoms with Crippen LogP contribution in [0.25, 0.3) is 0 Å². The van der Waals surface area contributed by atoms with Gasteiger partial charge in [-0.3, -0.25) is 4.79 Å². The lowest BCUT2D eigenvalue weighted by Crippen LogP contribution is -2.36. The molecule has 0 aliphatic carbocycles. The quantitative estimate of drug-likeness (QED) is 0.848. The van der Waals surface area contributed by atoms with Gasteiger partial charge in [0.15, 0.2) is 0 Å². The first-order valence-corrected chi connectivity index (χ1v) is 7.76. The molecule has 0 N–H and O–H groups in total. The fraction of sp³-hybridized carbons (Fsp3) is 0.389. The van der Waals surface area contributed by atoms with Crippen molar-refractivity contribution in [3.05, 3.63) is 60.4 Å². The summed E-state index contributed by atoms with van der Waals surface area (Å²) in [5.74, 6) is 0.705. The molecule has 1 aliphatic heterocycles. The molecule has 1 amide bonds. The van der Waals surface area contributed by atoms with E-state index in [1.165, 1.54) is 18.4 Å². The van der Waals surface area contributed by atoms with Gasteiger partial charge in [0.1, 0.15) is 6.54 Å². The number of rotatable bonds is 3. The number of amides is 1. The first-order valence-electron chi connectivity index (χ1n) is 7.76.